The second-order valence-corrected chi connectivity index (χ2v) is 4.74. The zero-order chi connectivity index (χ0) is 12.3. The maximum atomic E-state index is 8.70. The minimum atomic E-state index is 0.188. The molecule has 0 amide bonds. The molecule has 1 aromatic heterocycles. The lowest BCUT2D eigenvalue weighted by atomic mass is 10.4. The van der Waals surface area contributed by atoms with Gasteiger partial charge in [-0.3, -0.25) is 4.68 Å². The van der Waals surface area contributed by atoms with E-state index in [-0.39, 0.29) is 6.61 Å². The molecular weight excluding hydrogens is 236 g/mol. The van der Waals surface area contributed by atoms with E-state index in [0.29, 0.717) is 6.42 Å². The number of hydrogen-bond acceptors (Lipinski definition) is 5. The lowest BCUT2D eigenvalue weighted by molar-refractivity contribution is 0.276. The summed E-state index contributed by atoms with van der Waals surface area (Å²) in [4.78, 5) is 0. The molecule has 0 fully saturated rings. The van der Waals surface area contributed by atoms with Crippen molar-refractivity contribution in [3.63, 3.8) is 0 Å². The van der Waals surface area contributed by atoms with Crippen LogP contribution >= 0.6 is 11.8 Å². The van der Waals surface area contributed by atoms with Gasteiger partial charge in [-0.05, 0) is 6.42 Å². The molecule has 0 aliphatic carbocycles. The first-order valence-corrected chi connectivity index (χ1v) is 6.91. The largest absolute Gasteiger partial charge is 0.396 e. The molecule has 0 aliphatic rings. The Morgan fingerprint density at radius 3 is 3.24 bits per heavy atom. The molecule has 0 radical (unpaired) electrons. The van der Waals surface area contributed by atoms with E-state index in [2.05, 4.69) is 22.2 Å². The molecule has 1 heterocycles. The Morgan fingerprint density at radius 2 is 2.47 bits per heavy atom. The molecule has 0 saturated carbocycles. The summed E-state index contributed by atoms with van der Waals surface area (Å²) in [5.74, 6) is 2.07. The minimum absolute atomic E-state index is 0.188. The predicted molar refractivity (Wildman–Crippen MR) is 71.0 cm³/mol. The molecule has 0 atom stereocenters. The van der Waals surface area contributed by atoms with E-state index in [0.717, 1.165) is 36.8 Å². The SMILES string of the molecule is C=CCSCCNCc1cn(CCCO)nn1. The Hall–Kier alpha value is -0.850. The highest BCUT2D eigenvalue weighted by Gasteiger charge is 1.99. The monoisotopic (exact) mass is 256 g/mol. The summed E-state index contributed by atoms with van der Waals surface area (Å²) in [6.45, 7) is 6.29. The predicted octanol–water partition coefficient (Wildman–Crippen LogP) is 0.669. The zero-order valence-corrected chi connectivity index (χ0v) is 10.8. The summed E-state index contributed by atoms with van der Waals surface area (Å²) in [5.41, 5.74) is 0.941. The van der Waals surface area contributed by atoms with Crippen LogP contribution in [0.25, 0.3) is 0 Å². The first-order valence-electron chi connectivity index (χ1n) is 5.76. The Labute approximate surface area is 106 Å². The van der Waals surface area contributed by atoms with Crippen molar-refractivity contribution in [2.45, 2.75) is 19.5 Å². The molecule has 0 aromatic carbocycles. The third kappa shape index (κ3) is 6.45. The van der Waals surface area contributed by atoms with Crippen molar-refractivity contribution in [2.24, 2.45) is 0 Å². The third-order valence-electron chi connectivity index (χ3n) is 2.10. The molecular formula is C11H20N4OS. The number of nitrogens with zero attached hydrogens (tertiary/aromatic N) is 3. The molecule has 0 spiro atoms. The highest BCUT2D eigenvalue weighted by molar-refractivity contribution is 7.99. The molecule has 96 valence electrons. The van der Waals surface area contributed by atoms with Crippen molar-refractivity contribution in [3.05, 3.63) is 24.5 Å². The van der Waals surface area contributed by atoms with Crippen LogP contribution in [-0.2, 0) is 13.1 Å². The first-order chi connectivity index (χ1) is 8.36. The van der Waals surface area contributed by atoms with E-state index < -0.39 is 0 Å². The van der Waals surface area contributed by atoms with Crippen LogP contribution in [0.1, 0.15) is 12.1 Å². The Bertz CT molecular complexity index is 316. The van der Waals surface area contributed by atoms with E-state index >= 15 is 0 Å². The van der Waals surface area contributed by atoms with Gasteiger partial charge in [-0.1, -0.05) is 11.3 Å². The first kappa shape index (κ1) is 14.2. The van der Waals surface area contributed by atoms with E-state index in [1.165, 1.54) is 0 Å². The zero-order valence-electron chi connectivity index (χ0n) is 10.0. The average Bonchev–Trinajstić information content (AvgIpc) is 2.79. The fourth-order valence-electron chi connectivity index (χ4n) is 1.29. The summed E-state index contributed by atoms with van der Waals surface area (Å²) >= 11 is 1.86. The van der Waals surface area contributed by atoms with Gasteiger partial charge in [0, 0.05) is 43.9 Å². The average molecular weight is 256 g/mol. The van der Waals surface area contributed by atoms with Crippen LogP contribution in [-0.4, -0.2) is 44.8 Å². The van der Waals surface area contributed by atoms with Crippen LogP contribution in [0.2, 0.25) is 0 Å². The number of aryl methyl sites for hydroxylation is 1. The van der Waals surface area contributed by atoms with Gasteiger partial charge < -0.3 is 10.4 Å². The fraction of sp³-hybridized carbons (Fsp3) is 0.636. The molecule has 0 saturated heterocycles. The lowest BCUT2D eigenvalue weighted by Gasteiger charge is -2.00. The van der Waals surface area contributed by atoms with Gasteiger partial charge in [-0.15, -0.1) is 11.7 Å². The van der Waals surface area contributed by atoms with Gasteiger partial charge in [-0.2, -0.15) is 11.8 Å². The van der Waals surface area contributed by atoms with Gasteiger partial charge >= 0.3 is 0 Å². The maximum Gasteiger partial charge on any atom is 0.0964 e. The van der Waals surface area contributed by atoms with Crippen molar-refractivity contribution < 1.29 is 5.11 Å². The van der Waals surface area contributed by atoms with Crippen molar-refractivity contribution >= 4 is 11.8 Å². The van der Waals surface area contributed by atoms with Crippen molar-refractivity contribution in [2.75, 3.05) is 24.7 Å². The standard InChI is InChI=1S/C11H20N4OS/c1-2-7-17-8-4-12-9-11-10-15(14-13-11)5-3-6-16/h2,10,12,16H,1,3-9H2. The molecule has 0 bridgehead atoms. The molecule has 1 rings (SSSR count). The summed E-state index contributed by atoms with van der Waals surface area (Å²) in [6.07, 6.45) is 4.55. The molecule has 2 N–H and O–H groups in total. The van der Waals surface area contributed by atoms with Crippen LogP contribution in [0.3, 0.4) is 0 Å². The number of hydrogen-bond donors (Lipinski definition) is 2. The molecule has 5 nitrogen and oxygen atoms in total. The van der Waals surface area contributed by atoms with Gasteiger partial charge in [-0.25, -0.2) is 0 Å². The number of aromatic nitrogens is 3. The topological polar surface area (TPSA) is 63.0 Å². The van der Waals surface area contributed by atoms with Crippen molar-refractivity contribution in [1.82, 2.24) is 20.3 Å². The summed E-state index contributed by atoms with van der Waals surface area (Å²) in [5, 5.41) is 20.0. The number of rotatable bonds is 10. The van der Waals surface area contributed by atoms with Gasteiger partial charge in [0.15, 0.2) is 0 Å². The fourth-order valence-corrected chi connectivity index (χ4v) is 1.91. The van der Waals surface area contributed by atoms with Crippen molar-refractivity contribution in [3.8, 4) is 0 Å². The van der Waals surface area contributed by atoms with Crippen LogP contribution in [0, 0.1) is 0 Å². The molecule has 17 heavy (non-hydrogen) atoms. The minimum Gasteiger partial charge on any atom is -0.396 e. The normalized spacial score (nSPS) is 10.6. The smallest absolute Gasteiger partial charge is 0.0964 e. The van der Waals surface area contributed by atoms with Crippen LogP contribution in [0.5, 0.6) is 0 Å². The second-order valence-electron chi connectivity index (χ2n) is 3.59. The van der Waals surface area contributed by atoms with Crippen LogP contribution < -0.4 is 5.32 Å². The van der Waals surface area contributed by atoms with Gasteiger partial charge in [0.05, 0.1) is 5.69 Å². The van der Waals surface area contributed by atoms with Crippen LogP contribution in [0.15, 0.2) is 18.9 Å². The Balaban J connectivity index is 2.10. The van der Waals surface area contributed by atoms with E-state index in [4.69, 9.17) is 5.11 Å². The highest BCUT2D eigenvalue weighted by Crippen LogP contribution is 1.98. The number of thioether (sulfide) groups is 1. The number of aliphatic hydroxyl groups is 1. The van der Waals surface area contributed by atoms with E-state index in [9.17, 15) is 0 Å². The van der Waals surface area contributed by atoms with Gasteiger partial charge in [0.25, 0.3) is 0 Å². The quantitative estimate of drug-likeness (QED) is 0.476. The number of aliphatic hydroxyl groups excluding tert-OH is 1. The van der Waals surface area contributed by atoms with Gasteiger partial charge in [0.2, 0.25) is 0 Å². The summed E-state index contributed by atoms with van der Waals surface area (Å²) < 4.78 is 1.76. The Kier molecular flexibility index (Phi) is 7.70. The highest BCUT2D eigenvalue weighted by atomic mass is 32.2. The molecule has 0 aliphatic heterocycles. The second kappa shape index (κ2) is 9.21. The summed E-state index contributed by atoms with van der Waals surface area (Å²) in [6, 6.07) is 0. The van der Waals surface area contributed by atoms with Crippen molar-refractivity contribution in [1.29, 1.82) is 0 Å². The van der Waals surface area contributed by atoms with Gasteiger partial charge in [0.1, 0.15) is 0 Å². The lowest BCUT2D eigenvalue weighted by Crippen LogP contribution is -2.16. The van der Waals surface area contributed by atoms with E-state index in [1.54, 1.807) is 4.68 Å². The maximum absolute atomic E-state index is 8.70. The van der Waals surface area contributed by atoms with Crippen LogP contribution in [0.4, 0.5) is 0 Å². The number of nitrogens with one attached hydrogen (secondary N) is 1. The molecule has 6 heteroatoms. The third-order valence-corrected chi connectivity index (χ3v) is 3.06. The summed E-state index contributed by atoms with van der Waals surface area (Å²) in [7, 11) is 0. The molecule has 1 aromatic rings. The molecule has 0 unspecified atom stereocenters. The van der Waals surface area contributed by atoms with E-state index in [1.807, 2.05) is 24.0 Å². The Morgan fingerprint density at radius 1 is 1.59 bits per heavy atom.